The van der Waals surface area contributed by atoms with Crippen molar-refractivity contribution in [3.05, 3.63) is 40.1 Å². The third-order valence-electron chi connectivity index (χ3n) is 2.28. The van der Waals surface area contributed by atoms with Gasteiger partial charge < -0.3 is 10.0 Å². The van der Waals surface area contributed by atoms with Crippen LogP contribution in [0.4, 0.5) is 4.39 Å². The number of benzene rings is 1. The van der Waals surface area contributed by atoms with Gasteiger partial charge in [-0.2, -0.15) is 0 Å². The molecule has 1 N–H and O–H groups in total. The van der Waals surface area contributed by atoms with Crippen LogP contribution in [-0.2, 0) is 4.79 Å². The van der Waals surface area contributed by atoms with E-state index in [1.807, 2.05) is 0 Å². The predicted molar refractivity (Wildman–Crippen MR) is 72.5 cm³/mol. The van der Waals surface area contributed by atoms with Crippen molar-refractivity contribution in [3.63, 3.8) is 0 Å². The fourth-order valence-corrected chi connectivity index (χ4v) is 1.80. The second-order valence-corrected chi connectivity index (χ2v) is 4.98. The number of carbonyl (C=O) groups is 1. The number of hydrogen-bond acceptors (Lipinski definition) is 2. The van der Waals surface area contributed by atoms with Crippen molar-refractivity contribution in [2.24, 2.45) is 0 Å². The number of likely N-dealkylation sites (N-methyl/N-ethyl adjacent to an activating group) is 1. The number of aliphatic hydroxyl groups excluding tert-OH is 1. The van der Waals surface area contributed by atoms with Crippen LogP contribution >= 0.6 is 15.9 Å². The van der Waals surface area contributed by atoms with Gasteiger partial charge in [0.15, 0.2) is 0 Å². The Morgan fingerprint density at radius 3 is 2.89 bits per heavy atom. The SMILES string of the molecule is CC(O)CN(C)C(=O)C=Cc1cc(Br)ccc1F. The van der Waals surface area contributed by atoms with Crippen molar-refractivity contribution in [3.8, 4) is 0 Å². The Labute approximate surface area is 114 Å². The maximum absolute atomic E-state index is 13.4. The van der Waals surface area contributed by atoms with E-state index < -0.39 is 6.10 Å². The molecule has 0 saturated heterocycles. The number of carbonyl (C=O) groups excluding carboxylic acids is 1. The lowest BCUT2D eigenvalue weighted by Crippen LogP contribution is -2.31. The summed E-state index contributed by atoms with van der Waals surface area (Å²) in [7, 11) is 1.58. The molecular weight excluding hydrogens is 301 g/mol. The van der Waals surface area contributed by atoms with E-state index >= 15 is 0 Å². The lowest BCUT2D eigenvalue weighted by atomic mass is 10.2. The van der Waals surface area contributed by atoms with Crippen molar-refractivity contribution in [2.45, 2.75) is 13.0 Å². The average molecular weight is 316 g/mol. The summed E-state index contributed by atoms with van der Waals surface area (Å²) in [5.74, 6) is -0.671. The van der Waals surface area contributed by atoms with Gasteiger partial charge in [-0.3, -0.25) is 4.79 Å². The molecule has 1 rings (SSSR count). The molecule has 0 aliphatic rings. The van der Waals surface area contributed by atoms with E-state index in [0.717, 1.165) is 4.47 Å². The van der Waals surface area contributed by atoms with Gasteiger partial charge in [-0.15, -0.1) is 0 Å². The van der Waals surface area contributed by atoms with E-state index in [0.29, 0.717) is 5.56 Å². The molecule has 0 aliphatic heterocycles. The van der Waals surface area contributed by atoms with Crippen molar-refractivity contribution in [1.82, 2.24) is 4.90 Å². The topological polar surface area (TPSA) is 40.5 Å². The minimum Gasteiger partial charge on any atom is -0.392 e. The molecule has 0 saturated carbocycles. The van der Waals surface area contributed by atoms with Crippen LogP contribution in [0.2, 0.25) is 0 Å². The highest BCUT2D eigenvalue weighted by Gasteiger charge is 2.08. The largest absolute Gasteiger partial charge is 0.392 e. The van der Waals surface area contributed by atoms with Crippen molar-refractivity contribution in [2.75, 3.05) is 13.6 Å². The number of hydrogen-bond donors (Lipinski definition) is 1. The fraction of sp³-hybridized carbons (Fsp3) is 0.308. The Morgan fingerprint density at radius 1 is 1.61 bits per heavy atom. The monoisotopic (exact) mass is 315 g/mol. The normalized spacial score (nSPS) is 12.7. The molecule has 5 heteroatoms. The molecule has 0 fully saturated rings. The second kappa shape index (κ2) is 6.66. The molecule has 98 valence electrons. The molecule has 0 aromatic heterocycles. The number of amides is 1. The van der Waals surface area contributed by atoms with E-state index in [1.165, 1.54) is 23.1 Å². The third kappa shape index (κ3) is 4.58. The smallest absolute Gasteiger partial charge is 0.246 e. The van der Waals surface area contributed by atoms with E-state index in [-0.39, 0.29) is 18.3 Å². The van der Waals surface area contributed by atoms with Gasteiger partial charge in [-0.1, -0.05) is 15.9 Å². The number of aliphatic hydroxyl groups is 1. The first-order valence-corrected chi connectivity index (χ1v) is 6.25. The van der Waals surface area contributed by atoms with Crippen molar-refractivity contribution >= 4 is 27.9 Å². The minimum absolute atomic E-state index is 0.240. The van der Waals surface area contributed by atoms with Crippen molar-refractivity contribution in [1.29, 1.82) is 0 Å². The average Bonchev–Trinajstić information content (AvgIpc) is 2.29. The van der Waals surface area contributed by atoms with Crippen LogP contribution in [-0.4, -0.2) is 35.6 Å². The van der Waals surface area contributed by atoms with Gasteiger partial charge in [0.05, 0.1) is 6.10 Å². The van der Waals surface area contributed by atoms with E-state index in [4.69, 9.17) is 5.11 Å². The van der Waals surface area contributed by atoms with Gasteiger partial charge >= 0.3 is 0 Å². The maximum atomic E-state index is 13.4. The highest BCUT2D eigenvalue weighted by atomic mass is 79.9. The molecule has 1 aromatic carbocycles. The van der Waals surface area contributed by atoms with Gasteiger partial charge in [0.25, 0.3) is 0 Å². The molecule has 0 spiro atoms. The van der Waals surface area contributed by atoms with Gasteiger partial charge in [0.2, 0.25) is 5.91 Å². The molecule has 1 atom stereocenters. The Hall–Kier alpha value is -1.20. The molecule has 1 aromatic rings. The summed E-state index contributed by atoms with van der Waals surface area (Å²) in [5.41, 5.74) is 0.336. The Kier molecular flexibility index (Phi) is 5.50. The van der Waals surface area contributed by atoms with Crippen LogP contribution in [0.15, 0.2) is 28.7 Å². The Bertz CT molecular complexity index is 460. The quantitative estimate of drug-likeness (QED) is 0.867. The van der Waals surface area contributed by atoms with Crippen LogP contribution in [0.3, 0.4) is 0 Å². The summed E-state index contributed by atoms with van der Waals surface area (Å²) in [4.78, 5) is 13.0. The van der Waals surface area contributed by atoms with Gasteiger partial charge in [-0.25, -0.2) is 4.39 Å². The summed E-state index contributed by atoms with van der Waals surface area (Å²) in [6.07, 6.45) is 2.11. The first kappa shape index (κ1) is 14.9. The van der Waals surface area contributed by atoms with E-state index in [1.54, 1.807) is 26.1 Å². The summed E-state index contributed by atoms with van der Waals surface area (Å²) >= 11 is 3.24. The highest BCUT2D eigenvalue weighted by Crippen LogP contribution is 2.16. The standard InChI is InChI=1S/C13H15BrFNO2/c1-9(17)8-16(2)13(18)6-3-10-7-11(14)4-5-12(10)15/h3-7,9,17H,8H2,1-2H3. The summed E-state index contributed by atoms with van der Waals surface area (Å²) in [6, 6.07) is 4.51. The number of halogens is 2. The van der Waals surface area contributed by atoms with Gasteiger partial charge in [0, 0.05) is 29.7 Å². The Balaban J connectivity index is 2.74. The molecule has 3 nitrogen and oxygen atoms in total. The molecule has 1 amide bonds. The number of nitrogens with zero attached hydrogens (tertiary/aromatic N) is 1. The van der Waals surface area contributed by atoms with Crippen LogP contribution in [0, 0.1) is 5.82 Å². The van der Waals surface area contributed by atoms with E-state index in [2.05, 4.69) is 15.9 Å². The van der Waals surface area contributed by atoms with Gasteiger partial charge in [-0.05, 0) is 31.2 Å². The predicted octanol–water partition coefficient (Wildman–Crippen LogP) is 2.44. The third-order valence-corrected chi connectivity index (χ3v) is 2.77. The summed E-state index contributed by atoms with van der Waals surface area (Å²) < 4.78 is 14.1. The van der Waals surface area contributed by atoms with Crippen LogP contribution in [0.25, 0.3) is 6.08 Å². The van der Waals surface area contributed by atoms with Crippen LogP contribution in [0.5, 0.6) is 0 Å². The van der Waals surface area contributed by atoms with Crippen LogP contribution < -0.4 is 0 Å². The molecule has 0 heterocycles. The second-order valence-electron chi connectivity index (χ2n) is 4.07. The van der Waals surface area contributed by atoms with E-state index in [9.17, 15) is 9.18 Å². The lowest BCUT2D eigenvalue weighted by Gasteiger charge is -2.16. The zero-order valence-electron chi connectivity index (χ0n) is 10.2. The molecule has 1 unspecified atom stereocenters. The Morgan fingerprint density at radius 2 is 2.28 bits per heavy atom. The highest BCUT2D eigenvalue weighted by molar-refractivity contribution is 9.10. The zero-order valence-corrected chi connectivity index (χ0v) is 11.8. The summed E-state index contributed by atoms with van der Waals surface area (Å²) in [5, 5.41) is 9.15. The molecule has 0 aliphatic carbocycles. The molecule has 0 radical (unpaired) electrons. The lowest BCUT2D eigenvalue weighted by molar-refractivity contribution is -0.125. The first-order chi connectivity index (χ1) is 8.40. The van der Waals surface area contributed by atoms with Crippen LogP contribution in [0.1, 0.15) is 12.5 Å². The molecule has 18 heavy (non-hydrogen) atoms. The fourth-order valence-electron chi connectivity index (χ4n) is 1.42. The number of rotatable bonds is 4. The molecule has 0 bridgehead atoms. The van der Waals surface area contributed by atoms with Gasteiger partial charge in [0.1, 0.15) is 5.82 Å². The minimum atomic E-state index is -0.588. The maximum Gasteiger partial charge on any atom is 0.246 e. The zero-order chi connectivity index (χ0) is 13.7. The van der Waals surface area contributed by atoms with Crippen molar-refractivity contribution < 1.29 is 14.3 Å². The molecular formula is C13H15BrFNO2. The first-order valence-electron chi connectivity index (χ1n) is 5.46. The summed E-state index contributed by atoms with van der Waals surface area (Å²) in [6.45, 7) is 1.84.